The van der Waals surface area contributed by atoms with Crippen LogP contribution < -0.4 is 0 Å². The molecule has 0 atom stereocenters. The number of nitrogens with one attached hydrogen (secondary N) is 1. The summed E-state index contributed by atoms with van der Waals surface area (Å²) in [6, 6.07) is 6.54. The van der Waals surface area contributed by atoms with Crippen LogP contribution in [0.5, 0.6) is 5.75 Å². The predicted octanol–water partition coefficient (Wildman–Crippen LogP) is 2.70. The Kier molecular flexibility index (Phi) is 2.63. The number of carboxylic acid groups (broad SMARTS) is 1. The van der Waals surface area contributed by atoms with Crippen molar-refractivity contribution in [2.24, 2.45) is 0 Å². The van der Waals surface area contributed by atoms with Gasteiger partial charge in [-0.15, -0.1) is 0 Å². The monoisotopic (exact) mass is 231 g/mol. The van der Waals surface area contributed by atoms with Gasteiger partial charge in [0.1, 0.15) is 11.3 Å². The normalized spacial score (nSPS) is 10.5. The number of aryl methyl sites for hydroxylation is 2. The zero-order chi connectivity index (χ0) is 12.6. The number of aromatic hydroxyl groups is 1. The molecule has 0 saturated carbocycles. The Hall–Kier alpha value is -2.23. The van der Waals surface area contributed by atoms with E-state index in [-0.39, 0.29) is 11.3 Å². The van der Waals surface area contributed by atoms with Crippen LogP contribution in [-0.2, 0) is 0 Å². The maximum absolute atomic E-state index is 10.8. The Morgan fingerprint density at radius 3 is 2.41 bits per heavy atom. The fourth-order valence-corrected chi connectivity index (χ4v) is 1.90. The molecule has 0 radical (unpaired) electrons. The molecule has 0 saturated heterocycles. The van der Waals surface area contributed by atoms with E-state index in [1.165, 1.54) is 12.1 Å². The standard InChI is InChI=1S/C13H13NO3/c1-7-5-11(8(2)14-7)9-3-4-10(13(16)17)12(15)6-9/h3-6,14-15H,1-2H3,(H,16,17). The molecule has 0 fully saturated rings. The van der Waals surface area contributed by atoms with Gasteiger partial charge in [-0.05, 0) is 37.6 Å². The molecule has 1 aromatic carbocycles. The first-order valence-corrected chi connectivity index (χ1v) is 5.22. The largest absolute Gasteiger partial charge is 0.507 e. The van der Waals surface area contributed by atoms with E-state index in [1.54, 1.807) is 6.07 Å². The summed E-state index contributed by atoms with van der Waals surface area (Å²) in [4.78, 5) is 13.9. The molecule has 1 aromatic heterocycles. The van der Waals surface area contributed by atoms with Crippen molar-refractivity contribution >= 4 is 5.97 Å². The molecule has 2 aromatic rings. The van der Waals surface area contributed by atoms with E-state index < -0.39 is 5.97 Å². The first kappa shape index (κ1) is 11.3. The van der Waals surface area contributed by atoms with Gasteiger partial charge >= 0.3 is 5.97 Å². The van der Waals surface area contributed by atoms with Gasteiger partial charge in [-0.3, -0.25) is 0 Å². The van der Waals surface area contributed by atoms with Crippen molar-refractivity contribution in [3.05, 3.63) is 41.2 Å². The number of benzene rings is 1. The Bertz CT molecular complexity index is 584. The van der Waals surface area contributed by atoms with E-state index in [1.807, 2.05) is 19.9 Å². The van der Waals surface area contributed by atoms with Crippen molar-refractivity contribution in [3.8, 4) is 16.9 Å². The number of aromatic carboxylic acids is 1. The highest BCUT2D eigenvalue weighted by molar-refractivity contribution is 5.91. The highest BCUT2D eigenvalue weighted by Gasteiger charge is 2.12. The van der Waals surface area contributed by atoms with Crippen LogP contribution in [0, 0.1) is 13.8 Å². The minimum absolute atomic E-state index is 0.0846. The summed E-state index contributed by atoms with van der Waals surface area (Å²) in [6.45, 7) is 3.88. The Balaban J connectivity index is 2.51. The van der Waals surface area contributed by atoms with E-state index in [0.717, 1.165) is 22.5 Å². The van der Waals surface area contributed by atoms with Gasteiger partial charge in [0.2, 0.25) is 0 Å². The summed E-state index contributed by atoms with van der Waals surface area (Å²) >= 11 is 0. The van der Waals surface area contributed by atoms with E-state index in [9.17, 15) is 9.90 Å². The number of phenols is 1. The zero-order valence-electron chi connectivity index (χ0n) is 9.61. The second-order valence-corrected chi connectivity index (χ2v) is 4.03. The number of H-pyrrole nitrogens is 1. The number of rotatable bonds is 2. The second kappa shape index (κ2) is 3.97. The van der Waals surface area contributed by atoms with Gasteiger partial charge in [0.05, 0.1) is 0 Å². The topological polar surface area (TPSA) is 73.3 Å². The molecule has 4 nitrogen and oxygen atoms in total. The summed E-state index contributed by atoms with van der Waals surface area (Å²) in [5.74, 6) is -1.34. The van der Waals surface area contributed by atoms with Gasteiger partial charge in [-0.2, -0.15) is 0 Å². The van der Waals surface area contributed by atoms with Gasteiger partial charge in [0, 0.05) is 17.0 Å². The maximum Gasteiger partial charge on any atom is 0.339 e. The lowest BCUT2D eigenvalue weighted by Gasteiger charge is -2.04. The number of hydrogen-bond acceptors (Lipinski definition) is 2. The third kappa shape index (κ3) is 2.01. The van der Waals surface area contributed by atoms with Crippen molar-refractivity contribution < 1.29 is 15.0 Å². The molecule has 1 heterocycles. The third-order valence-corrected chi connectivity index (χ3v) is 2.69. The molecule has 0 aliphatic heterocycles. The Labute approximate surface area is 98.5 Å². The molecule has 17 heavy (non-hydrogen) atoms. The van der Waals surface area contributed by atoms with Crippen molar-refractivity contribution in [2.75, 3.05) is 0 Å². The number of carbonyl (C=O) groups is 1. The summed E-state index contributed by atoms with van der Waals surface area (Å²) in [5.41, 5.74) is 3.70. The van der Waals surface area contributed by atoms with Crippen molar-refractivity contribution in [1.82, 2.24) is 4.98 Å². The molecule has 0 unspecified atom stereocenters. The Morgan fingerprint density at radius 1 is 1.24 bits per heavy atom. The molecule has 2 rings (SSSR count). The van der Waals surface area contributed by atoms with E-state index in [2.05, 4.69) is 4.98 Å². The highest BCUT2D eigenvalue weighted by Crippen LogP contribution is 2.29. The van der Waals surface area contributed by atoms with Gasteiger partial charge < -0.3 is 15.2 Å². The minimum Gasteiger partial charge on any atom is -0.507 e. The van der Waals surface area contributed by atoms with Crippen LogP contribution in [0.1, 0.15) is 21.7 Å². The predicted molar refractivity (Wildman–Crippen MR) is 64.3 cm³/mol. The lowest BCUT2D eigenvalue weighted by atomic mass is 10.0. The van der Waals surface area contributed by atoms with Crippen molar-refractivity contribution in [2.45, 2.75) is 13.8 Å². The van der Waals surface area contributed by atoms with Gasteiger partial charge in [0.15, 0.2) is 0 Å². The molecule has 88 valence electrons. The van der Waals surface area contributed by atoms with Crippen LogP contribution in [0.4, 0.5) is 0 Å². The quantitative estimate of drug-likeness (QED) is 0.744. The minimum atomic E-state index is -1.13. The van der Waals surface area contributed by atoms with Crippen LogP contribution in [0.2, 0.25) is 0 Å². The molecular formula is C13H13NO3. The first-order valence-electron chi connectivity index (χ1n) is 5.22. The van der Waals surface area contributed by atoms with Crippen LogP contribution in [0.25, 0.3) is 11.1 Å². The molecule has 0 aliphatic rings. The van der Waals surface area contributed by atoms with E-state index in [0.29, 0.717) is 0 Å². The first-order chi connectivity index (χ1) is 7.99. The second-order valence-electron chi connectivity index (χ2n) is 4.03. The summed E-state index contributed by atoms with van der Waals surface area (Å²) in [5, 5.41) is 18.4. The highest BCUT2D eigenvalue weighted by atomic mass is 16.4. The third-order valence-electron chi connectivity index (χ3n) is 2.69. The maximum atomic E-state index is 10.8. The molecule has 3 N–H and O–H groups in total. The van der Waals surface area contributed by atoms with E-state index >= 15 is 0 Å². The average molecular weight is 231 g/mol. The van der Waals surface area contributed by atoms with Crippen LogP contribution in [0.3, 0.4) is 0 Å². The molecule has 0 amide bonds. The van der Waals surface area contributed by atoms with Gasteiger partial charge in [-0.1, -0.05) is 6.07 Å². The molecule has 4 heteroatoms. The summed E-state index contributed by atoms with van der Waals surface area (Å²) in [7, 11) is 0. The zero-order valence-corrected chi connectivity index (χ0v) is 9.61. The van der Waals surface area contributed by atoms with Gasteiger partial charge in [-0.25, -0.2) is 4.79 Å². The van der Waals surface area contributed by atoms with Crippen LogP contribution in [-0.4, -0.2) is 21.2 Å². The fraction of sp³-hybridized carbons (Fsp3) is 0.154. The average Bonchev–Trinajstić information content (AvgIpc) is 2.57. The number of aromatic amines is 1. The number of hydrogen-bond donors (Lipinski definition) is 3. The van der Waals surface area contributed by atoms with Crippen LogP contribution in [0.15, 0.2) is 24.3 Å². The molecule has 0 bridgehead atoms. The summed E-state index contributed by atoms with van der Waals surface area (Å²) in [6.07, 6.45) is 0. The Morgan fingerprint density at radius 2 is 1.94 bits per heavy atom. The van der Waals surface area contributed by atoms with Crippen LogP contribution >= 0.6 is 0 Å². The number of carboxylic acids is 1. The number of aromatic nitrogens is 1. The van der Waals surface area contributed by atoms with Crippen molar-refractivity contribution in [3.63, 3.8) is 0 Å². The molecular weight excluding hydrogens is 218 g/mol. The lowest BCUT2D eigenvalue weighted by Crippen LogP contribution is -1.96. The smallest absolute Gasteiger partial charge is 0.339 e. The molecule has 0 aliphatic carbocycles. The SMILES string of the molecule is Cc1cc(-c2ccc(C(=O)O)c(O)c2)c(C)[nH]1. The summed E-state index contributed by atoms with van der Waals surface area (Å²) < 4.78 is 0. The van der Waals surface area contributed by atoms with E-state index in [4.69, 9.17) is 5.11 Å². The fourth-order valence-electron chi connectivity index (χ4n) is 1.90. The van der Waals surface area contributed by atoms with Crippen molar-refractivity contribution in [1.29, 1.82) is 0 Å². The van der Waals surface area contributed by atoms with Gasteiger partial charge in [0.25, 0.3) is 0 Å². The lowest BCUT2D eigenvalue weighted by molar-refractivity contribution is 0.0694. The molecule has 0 spiro atoms.